The Morgan fingerprint density at radius 1 is 0.955 bits per heavy atom. The van der Waals surface area contributed by atoms with Crippen molar-refractivity contribution in [1.82, 2.24) is 5.32 Å². The smallest absolute Gasteiger partial charge is 0.548 e. The summed E-state index contributed by atoms with van der Waals surface area (Å²) in [6, 6.07) is -0.762. The van der Waals surface area contributed by atoms with E-state index in [0.717, 1.165) is 12.8 Å². The summed E-state index contributed by atoms with van der Waals surface area (Å²) in [5, 5.41) is 13.1. The maximum atomic E-state index is 11.5. The number of Topliss-reactive ketones (excluding diaryl/α,β-unsaturated/α-hetero) is 1. The number of aliphatic carboxylic acids is 1. The van der Waals surface area contributed by atoms with E-state index in [9.17, 15) is 14.7 Å². The van der Waals surface area contributed by atoms with Gasteiger partial charge in [0.2, 0.25) is 0 Å². The molecule has 0 rings (SSSR count). The molecule has 0 unspecified atom stereocenters. The summed E-state index contributed by atoms with van der Waals surface area (Å²) < 4.78 is 0. The van der Waals surface area contributed by atoms with Gasteiger partial charge in [0.15, 0.2) is 0 Å². The third kappa shape index (κ3) is 18.1. The van der Waals surface area contributed by atoms with Gasteiger partial charge >= 0.3 is 29.6 Å². The van der Waals surface area contributed by atoms with Crippen molar-refractivity contribution in [1.29, 1.82) is 0 Å². The number of unbranched alkanes of at least 4 members (excludes halogenated alkanes) is 8. The van der Waals surface area contributed by atoms with Crippen LogP contribution in [0.5, 0.6) is 0 Å². The van der Waals surface area contributed by atoms with Gasteiger partial charge in [-0.2, -0.15) is 0 Å². The van der Waals surface area contributed by atoms with Crippen LogP contribution >= 0.6 is 0 Å². The second-order valence-electron chi connectivity index (χ2n) is 5.54. The number of rotatable bonds is 14. The Morgan fingerprint density at radius 2 is 1.41 bits per heavy atom. The number of ketones is 1. The Bertz CT molecular complexity index is 275. The van der Waals surface area contributed by atoms with Gasteiger partial charge in [-0.05, 0) is 13.3 Å². The first-order chi connectivity index (χ1) is 9.57. The molecule has 0 aliphatic rings. The van der Waals surface area contributed by atoms with Crippen molar-refractivity contribution in [2.45, 2.75) is 84.1 Å². The molecule has 1 atom stereocenters. The minimum Gasteiger partial charge on any atom is -0.548 e. The summed E-state index contributed by atoms with van der Waals surface area (Å²) in [5.41, 5.74) is 0. The summed E-state index contributed by atoms with van der Waals surface area (Å²) in [5.74, 6) is -1.08. The third-order valence-electron chi connectivity index (χ3n) is 3.52. The van der Waals surface area contributed by atoms with Gasteiger partial charge in [0.05, 0.1) is 12.5 Å². The number of carbonyl (C=O) groups is 2. The van der Waals surface area contributed by atoms with E-state index in [4.69, 9.17) is 0 Å². The first-order valence-corrected chi connectivity index (χ1v) is 8.03. The Kier molecular flexibility index (Phi) is 23.4. The van der Waals surface area contributed by atoms with Crippen LogP contribution in [0.1, 0.15) is 78.1 Å². The maximum absolute atomic E-state index is 11.5. The van der Waals surface area contributed by atoms with Crippen molar-refractivity contribution in [2.24, 2.45) is 0 Å². The van der Waals surface area contributed by atoms with E-state index in [1.807, 2.05) is 0 Å². The van der Waals surface area contributed by atoms with Gasteiger partial charge in [-0.3, -0.25) is 4.79 Å². The molecule has 0 saturated carbocycles. The number of nitrogens with one attached hydrogen (secondary N) is 1. The summed E-state index contributed by atoms with van der Waals surface area (Å²) >= 11 is 0. The molecule has 0 saturated heterocycles. The van der Waals surface area contributed by atoms with Crippen LogP contribution in [-0.4, -0.2) is 29.8 Å². The molecular formula is C16H32NNaO4. The second kappa shape index (κ2) is 19.1. The van der Waals surface area contributed by atoms with Gasteiger partial charge in [-0.15, -0.1) is 0 Å². The van der Waals surface area contributed by atoms with Crippen molar-refractivity contribution in [3.63, 3.8) is 0 Å². The largest absolute Gasteiger partial charge is 1.00 e. The van der Waals surface area contributed by atoms with E-state index in [0.29, 0.717) is 6.42 Å². The first-order valence-electron chi connectivity index (χ1n) is 8.03. The molecule has 6 heteroatoms. The molecule has 5 nitrogen and oxygen atoms in total. The minimum absolute atomic E-state index is 0. The quantitative estimate of drug-likeness (QED) is 0.306. The summed E-state index contributed by atoms with van der Waals surface area (Å²) in [4.78, 5) is 22.0. The zero-order valence-corrected chi connectivity index (χ0v) is 16.6. The van der Waals surface area contributed by atoms with Crippen LogP contribution in [0, 0.1) is 0 Å². The Morgan fingerprint density at radius 3 is 1.86 bits per heavy atom. The number of carboxylic acids is 1. The molecule has 0 aliphatic carbocycles. The fraction of sp³-hybridized carbons (Fsp3) is 0.875. The second-order valence-corrected chi connectivity index (χ2v) is 5.54. The van der Waals surface area contributed by atoms with Gasteiger partial charge in [-0.1, -0.05) is 58.3 Å². The number of carboxylic acid groups (broad SMARTS) is 1. The molecule has 126 valence electrons. The number of hydrogen-bond donors (Lipinski definition) is 1. The first kappa shape index (κ1) is 26.9. The summed E-state index contributed by atoms with van der Waals surface area (Å²) in [6.07, 6.45) is 11.6. The Labute approximate surface area is 157 Å². The molecule has 0 radical (unpaired) electrons. The van der Waals surface area contributed by atoms with Crippen LogP contribution in [0.15, 0.2) is 0 Å². The van der Waals surface area contributed by atoms with E-state index in [1.54, 1.807) is 0 Å². The zero-order chi connectivity index (χ0) is 15.2. The Hall–Kier alpha value is 0.0600. The van der Waals surface area contributed by atoms with Gasteiger partial charge in [0.1, 0.15) is 5.78 Å². The van der Waals surface area contributed by atoms with Crippen LogP contribution < -0.4 is 40.0 Å². The van der Waals surface area contributed by atoms with E-state index in [-0.39, 0.29) is 47.4 Å². The van der Waals surface area contributed by atoms with Gasteiger partial charge in [0.25, 0.3) is 0 Å². The van der Waals surface area contributed by atoms with Gasteiger partial charge in [-0.25, -0.2) is 0 Å². The summed E-state index contributed by atoms with van der Waals surface area (Å²) in [7, 11) is 0. The molecule has 22 heavy (non-hydrogen) atoms. The molecule has 0 aromatic carbocycles. The monoisotopic (exact) mass is 325 g/mol. The van der Waals surface area contributed by atoms with E-state index >= 15 is 0 Å². The van der Waals surface area contributed by atoms with Crippen LogP contribution in [0.2, 0.25) is 0 Å². The van der Waals surface area contributed by atoms with E-state index in [2.05, 4.69) is 12.2 Å². The molecular weight excluding hydrogens is 293 g/mol. The van der Waals surface area contributed by atoms with Crippen LogP contribution in [0.3, 0.4) is 0 Å². The van der Waals surface area contributed by atoms with E-state index in [1.165, 1.54) is 51.9 Å². The number of carbonyl (C=O) groups excluding carboxylic acids is 2. The van der Waals surface area contributed by atoms with Crippen molar-refractivity contribution in [2.75, 3.05) is 6.54 Å². The number of hydrogen-bond acceptors (Lipinski definition) is 4. The normalized spacial score (nSPS) is 11.2. The van der Waals surface area contributed by atoms with Gasteiger partial charge in [0, 0.05) is 12.5 Å². The van der Waals surface area contributed by atoms with Crippen molar-refractivity contribution in [3.05, 3.63) is 0 Å². The molecule has 0 fully saturated rings. The molecule has 0 aromatic rings. The molecule has 0 spiro atoms. The van der Waals surface area contributed by atoms with E-state index < -0.39 is 12.0 Å². The average Bonchev–Trinajstić information content (AvgIpc) is 2.42. The van der Waals surface area contributed by atoms with Crippen LogP contribution in [-0.2, 0) is 9.59 Å². The predicted molar refractivity (Wildman–Crippen MR) is 82.9 cm³/mol. The maximum Gasteiger partial charge on any atom is 1.00 e. The molecule has 0 bridgehead atoms. The van der Waals surface area contributed by atoms with Crippen molar-refractivity contribution < 1.29 is 49.7 Å². The van der Waals surface area contributed by atoms with Crippen LogP contribution in [0.4, 0.5) is 0 Å². The fourth-order valence-corrected chi connectivity index (χ4v) is 2.07. The Balaban J connectivity index is -0.00000180. The zero-order valence-electron chi connectivity index (χ0n) is 14.6. The molecule has 0 aromatic heterocycles. The average molecular weight is 325 g/mol. The standard InChI is InChI=1S/C16H31NO3.Na.H2O/c1-3-4-5-6-7-8-9-10-11-12-15(18)13-17-14(2)16(19)20;;/h14,17H,3-13H2,1-2H3,(H,19,20);;1H2/q;+1;/p-1/t14-;;/m0../s1. The summed E-state index contributed by atoms with van der Waals surface area (Å²) in [6.45, 7) is 3.84. The fourth-order valence-electron chi connectivity index (χ4n) is 2.07. The molecule has 0 amide bonds. The molecule has 0 aliphatic heterocycles. The predicted octanol–water partition coefficient (Wildman–Crippen LogP) is -1.62. The van der Waals surface area contributed by atoms with Crippen molar-refractivity contribution >= 4 is 11.8 Å². The molecule has 3 N–H and O–H groups in total. The van der Waals surface area contributed by atoms with Crippen molar-refractivity contribution in [3.8, 4) is 0 Å². The minimum atomic E-state index is -1.17. The van der Waals surface area contributed by atoms with Gasteiger partial charge < -0.3 is 20.7 Å². The topological polar surface area (TPSA) is 101 Å². The third-order valence-corrected chi connectivity index (χ3v) is 3.52. The molecule has 0 heterocycles. The van der Waals surface area contributed by atoms with Crippen LogP contribution in [0.25, 0.3) is 0 Å². The SMILES string of the molecule is CCCCCCCCCCCC(=O)CN[C@@H](C)C(=O)[O-].O.[Na+].